The molecule has 3 aromatic rings. The molecule has 0 aliphatic heterocycles. The lowest BCUT2D eigenvalue weighted by atomic mass is 10.0. The highest BCUT2D eigenvalue weighted by Gasteiger charge is 2.17. The largest absolute Gasteiger partial charge is 0.483 e. The van der Waals surface area contributed by atoms with E-state index in [4.69, 9.17) is 14.9 Å². The van der Waals surface area contributed by atoms with E-state index >= 15 is 0 Å². The van der Waals surface area contributed by atoms with E-state index in [1.165, 1.54) is 6.21 Å². The predicted octanol–water partition coefficient (Wildman–Crippen LogP) is 4.20. The molecule has 0 heterocycles. The number of rotatable bonds is 10. The minimum Gasteiger partial charge on any atom is -0.483 e. The summed E-state index contributed by atoms with van der Waals surface area (Å²) in [7, 11) is 0. The SMILES string of the molecule is CCOC(=O)CCN(Cc1ccccc1)C(=O)COc1ccc(C=N)c2ccccc12. The van der Waals surface area contributed by atoms with Gasteiger partial charge in [0.15, 0.2) is 6.61 Å². The standard InChI is InChI=1S/C25H26N2O4/c1-2-30-25(29)14-15-27(17-19-8-4-3-5-9-19)24(28)18-31-23-13-12-20(16-26)21-10-6-7-11-22(21)23/h3-13,16,26H,2,14-15,17-18H2,1H3. The first-order chi connectivity index (χ1) is 15.1. The van der Waals surface area contributed by atoms with Crippen molar-refractivity contribution in [3.8, 4) is 5.75 Å². The summed E-state index contributed by atoms with van der Waals surface area (Å²) in [6, 6.07) is 20.8. The Balaban J connectivity index is 1.73. The van der Waals surface area contributed by atoms with E-state index in [2.05, 4.69) is 0 Å². The van der Waals surface area contributed by atoms with Crippen molar-refractivity contribution in [2.24, 2.45) is 0 Å². The van der Waals surface area contributed by atoms with Crippen molar-refractivity contribution in [2.45, 2.75) is 19.9 Å². The number of fused-ring (bicyclic) bond motifs is 1. The molecule has 31 heavy (non-hydrogen) atoms. The average Bonchev–Trinajstić information content (AvgIpc) is 2.80. The number of carbonyl (C=O) groups is 2. The lowest BCUT2D eigenvalue weighted by molar-refractivity contribution is -0.144. The molecular formula is C25H26N2O4. The second-order valence-electron chi connectivity index (χ2n) is 6.99. The van der Waals surface area contributed by atoms with Crippen LogP contribution in [0.15, 0.2) is 66.7 Å². The number of nitrogens with one attached hydrogen (secondary N) is 1. The van der Waals surface area contributed by atoms with Gasteiger partial charge in [-0.2, -0.15) is 0 Å². The van der Waals surface area contributed by atoms with Gasteiger partial charge in [0, 0.05) is 30.3 Å². The topological polar surface area (TPSA) is 79.7 Å². The van der Waals surface area contributed by atoms with Gasteiger partial charge < -0.3 is 19.8 Å². The molecule has 0 saturated heterocycles. The van der Waals surface area contributed by atoms with E-state index in [1.54, 1.807) is 24.0 Å². The second-order valence-corrected chi connectivity index (χ2v) is 6.99. The number of esters is 1. The Morgan fingerprint density at radius 1 is 0.968 bits per heavy atom. The van der Waals surface area contributed by atoms with Crippen molar-refractivity contribution in [1.82, 2.24) is 4.90 Å². The summed E-state index contributed by atoms with van der Waals surface area (Å²) in [5.74, 6) is 0.0375. The summed E-state index contributed by atoms with van der Waals surface area (Å²) in [6.07, 6.45) is 1.43. The van der Waals surface area contributed by atoms with Crippen molar-refractivity contribution >= 4 is 28.9 Å². The molecule has 3 aromatic carbocycles. The van der Waals surface area contributed by atoms with Gasteiger partial charge in [-0.25, -0.2) is 0 Å². The zero-order valence-corrected chi connectivity index (χ0v) is 17.5. The minimum atomic E-state index is -0.331. The highest BCUT2D eigenvalue weighted by Crippen LogP contribution is 2.28. The van der Waals surface area contributed by atoms with Gasteiger partial charge in [0.2, 0.25) is 0 Å². The number of hydrogen-bond acceptors (Lipinski definition) is 5. The quantitative estimate of drug-likeness (QED) is 0.395. The maximum atomic E-state index is 13.0. The summed E-state index contributed by atoms with van der Waals surface area (Å²) in [5.41, 5.74) is 1.76. The van der Waals surface area contributed by atoms with Crippen LogP contribution in [0, 0.1) is 5.41 Å². The second kappa shape index (κ2) is 10.9. The predicted molar refractivity (Wildman–Crippen MR) is 120 cm³/mol. The van der Waals surface area contributed by atoms with Gasteiger partial charge in [0.25, 0.3) is 5.91 Å². The van der Waals surface area contributed by atoms with Crippen molar-refractivity contribution < 1.29 is 19.1 Å². The Labute approximate surface area is 181 Å². The third kappa shape index (κ3) is 5.92. The first-order valence-electron chi connectivity index (χ1n) is 10.2. The van der Waals surface area contributed by atoms with E-state index < -0.39 is 0 Å². The first-order valence-corrected chi connectivity index (χ1v) is 10.2. The Bertz CT molecular complexity index is 1050. The normalized spacial score (nSPS) is 10.5. The minimum absolute atomic E-state index is 0.128. The maximum absolute atomic E-state index is 13.0. The highest BCUT2D eigenvalue weighted by atomic mass is 16.5. The van der Waals surface area contributed by atoms with E-state index in [1.807, 2.05) is 54.6 Å². The van der Waals surface area contributed by atoms with Crippen LogP contribution in [0.3, 0.4) is 0 Å². The Morgan fingerprint density at radius 2 is 1.68 bits per heavy atom. The molecule has 3 rings (SSSR count). The molecule has 0 saturated carbocycles. The van der Waals surface area contributed by atoms with Crippen molar-refractivity contribution in [3.05, 3.63) is 77.9 Å². The van der Waals surface area contributed by atoms with Gasteiger partial charge >= 0.3 is 5.97 Å². The molecule has 0 atom stereocenters. The molecule has 0 fully saturated rings. The van der Waals surface area contributed by atoms with E-state index in [-0.39, 0.29) is 31.4 Å². The van der Waals surface area contributed by atoms with Crippen LogP contribution < -0.4 is 4.74 Å². The number of carbonyl (C=O) groups excluding carboxylic acids is 2. The third-order valence-electron chi connectivity index (χ3n) is 4.88. The molecule has 1 N–H and O–H groups in total. The van der Waals surface area contributed by atoms with Crippen LogP contribution in [0.1, 0.15) is 24.5 Å². The first kappa shape index (κ1) is 22.0. The number of benzene rings is 3. The van der Waals surface area contributed by atoms with Gasteiger partial charge in [0.1, 0.15) is 5.75 Å². The van der Waals surface area contributed by atoms with Gasteiger partial charge in [0.05, 0.1) is 13.0 Å². The third-order valence-corrected chi connectivity index (χ3v) is 4.88. The number of hydrogen-bond donors (Lipinski definition) is 1. The van der Waals surface area contributed by atoms with Gasteiger partial charge in [-0.3, -0.25) is 9.59 Å². The summed E-state index contributed by atoms with van der Waals surface area (Å²) < 4.78 is 10.9. The van der Waals surface area contributed by atoms with Gasteiger partial charge in [-0.15, -0.1) is 0 Å². The van der Waals surface area contributed by atoms with Crippen LogP contribution in [0.5, 0.6) is 5.75 Å². The number of amides is 1. The zero-order valence-electron chi connectivity index (χ0n) is 17.5. The summed E-state index contributed by atoms with van der Waals surface area (Å²) in [6.45, 7) is 2.56. The summed E-state index contributed by atoms with van der Waals surface area (Å²) >= 11 is 0. The summed E-state index contributed by atoms with van der Waals surface area (Å²) in [5, 5.41) is 9.31. The summed E-state index contributed by atoms with van der Waals surface area (Å²) in [4.78, 5) is 26.4. The molecule has 1 amide bonds. The van der Waals surface area contributed by atoms with Crippen LogP contribution in [0.4, 0.5) is 0 Å². The van der Waals surface area contributed by atoms with Crippen LogP contribution in [-0.2, 0) is 20.9 Å². The molecule has 6 heteroatoms. The Hall–Kier alpha value is -3.67. The molecule has 6 nitrogen and oxygen atoms in total. The van der Waals surface area contributed by atoms with Crippen molar-refractivity contribution in [3.63, 3.8) is 0 Å². The molecule has 0 aliphatic rings. The molecule has 0 aromatic heterocycles. The van der Waals surface area contributed by atoms with Gasteiger partial charge in [-0.05, 0) is 30.0 Å². The fraction of sp³-hybridized carbons (Fsp3) is 0.240. The van der Waals surface area contributed by atoms with Crippen LogP contribution in [0.2, 0.25) is 0 Å². The van der Waals surface area contributed by atoms with Crippen molar-refractivity contribution in [1.29, 1.82) is 5.41 Å². The van der Waals surface area contributed by atoms with E-state index in [0.29, 0.717) is 18.9 Å². The average molecular weight is 418 g/mol. The molecular weight excluding hydrogens is 392 g/mol. The molecule has 160 valence electrons. The molecule has 0 spiro atoms. The van der Waals surface area contributed by atoms with Crippen LogP contribution in [-0.4, -0.2) is 42.7 Å². The van der Waals surface area contributed by atoms with E-state index in [9.17, 15) is 9.59 Å². The molecule has 0 unspecified atom stereocenters. The zero-order chi connectivity index (χ0) is 22.1. The lowest BCUT2D eigenvalue weighted by Gasteiger charge is -2.23. The monoisotopic (exact) mass is 418 g/mol. The maximum Gasteiger partial charge on any atom is 0.307 e. The Kier molecular flexibility index (Phi) is 7.76. The lowest BCUT2D eigenvalue weighted by Crippen LogP contribution is -2.36. The van der Waals surface area contributed by atoms with E-state index in [0.717, 1.165) is 21.9 Å². The van der Waals surface area contributed by atoms with Crippen molar-refractivity contribution in [2.75, 3.05) is 19.8 Å². The van der Waals surface area contributed by atoms with Crippen LogP contribution >= 0.6 is 0 Å². The van der Waals surface area contributed by atoms with Gasteiger partial charge in [-0.1, -0.05) is 54.6 Å². The number of ether oxygens (including phenoxy) is 2. The molecule has 0 radical (unpaired) electrons. The fourth-order valence-electron chi connectivity index (χ4n) is 3.33. The van der Waals surface area contributed by atoms with Crippen LogP contribution in [0.25, 0.3) is 10.8 Å². The fourth-order valence-corrected chi connectivity index (χ4v) is 3.33. The Morgan fingerprint density at radius 3 is 2.39 bits per heavy atom. The molecule has 0 aliphatic carbocycles. The highest BCUT2D eigenvalue weighted by molar-refractivity contribution is 6.01. The molecule has 0 bridgehead atoms. The number of nitrogens with zero attached hydrogens (tertiary/aromatic N) is 1. The smallest absolute Gasteiger partial charge is 0.307 e.